The minimum absolute atomic E-state index is 0.0527. The fourth-order valence-corrected chi connectivity index (χ4v) is 3.44. The monoisotopic (exact) mass is 414 g/mol. The van der Waals surface area contributed by atoms with Gasteiger partial charge in [0.25, 0.3) is 0 Å². The van der Waals surface area contributed by atoms with Crippen molar-refractivity contribution in [2.24, 2.45) is 0 Å². The quantitative estimate of drug-likeness (QED) is 0.561. The Morgan fingerprint density at radius 1 is 1.07 bits per heavy atom. The van der Waals surface area contributed by atoms with Crippen molar-refractivity contribution in [1.82, 2.24) is 10.2 Å². The van der Waals surface area contributed by atoms with Gasteiger partial charge in [0, 0.05) is 18.1 Å². The van der Waals surface area contributed by atoms with Gasteiger partial charge >= 0.3 is 0 Å². The van der Waals surface area contributed by atoms with Crippen molar-refractivity contribution in [3.63, 3.8) is 0 Å². The second-order valence-corrected chi connectivity index (χ2v) is 7.82. The van der Waals surface area contributed by atoms with Gasteiger partial charge in [-0.25, -0.2) is 0 Å². The van der Waals surface area contributed by atoms with Crippen molar-refractivity contribution in [2.75, 3.05) is 6.54 Å². The molecule has 2 rings (SSSR count). The first kappa shape index (κ1) is 23.0. The summed E-state index contributed by atoms with van der Waals surface area (Å²) in [7, 11) is 0. The lowest BCUT2D eigenvalue weighted by molar-refractivity contribution is -0.140. The molecule has 1 atom stereocenters. The van der Waals surface area contributed by atoms with Crippen molar-refractivity contribution < 1.29 is 9.59 Å². The van der Waals surface area contributed by atoms with Crippen molar-refractivity contribution in [3.8, 4) is 0 Å². The average Bonchev–Trinajstić information content (AvgIpc) is 2.69. The van der Waals surface area contributed by atoms with Crippen LogP contribution in [0.5, 0.6) is 0 Å². The van der Waals surface area contributed by atoms with Crippen LogP contribution < -0.4 is 5.32 Å². The number of carbonyl (C=O) groups is 2. The van der Waals surface area contributed by atoms with E-state index in [2.05, 4.69) is 12.2 Å². The number of carbonyl (C=O) groups excluding carboxylic acids is 2. The van der Waals surface area contributed by atoms with Crippen LogP contribution in [-0.4, -0.2) is 29.3 Å². The van der Waals surface area contributed by atoms with Crippen LogP contribution in [0.4, 0.5) is 0 Å². The molecule has 0 aromatic heterocycles. The maximum Gasteiger partial charge on any atom is 0.242 e. The standard InChI is InChI=1S/C24H31ClN2O2/c1-4-6-14-26-24(29)22(5-2)27(17-19-10-12-21(25)13-11-19)23(28)16-20-9-7-8-18(3)15-20/h7-13,15,22H,4-6,14,16-17H2,1-3H3,(H,26,29)/t22-/m0/s1. The Kier molecular flexibility index (Phi) is 9.20. The van der Waals surface area contributed by atoms with Gasteiger partial charge in [-0.1, -0.05) is 73.8 Å². The van der Waals surface area contributed by atoms with E-state index >= 15 is 0 Å². The van der Waals surface area contributed by atoms with Crippen LogP contribution >= 0.6 is 11.6 Å². The van der Waals surface area contributed by atoms with E-state index in [0.29, 0.717) is 24.5 Å². The Bertz CT molecular complexity index is 805. The maximum atomic E-state index is 13.2. The largest absolute Gasteiger partial charge is 0.354 e. The normalized spacial score (nSPS) is 11.7. The maximum absolute atomic E-state index is 13.2. The summed E-state index contributed by atoms with van der Waals surface area (Å²) in [5.41, 5.74) is 3.02. The van der Waals surface area contributed by atoms with Crippen LogP contribution in [0.25, 0.3) is 0 Å². The van der Waals surface area contributed by atoms with Crippen molar-refractivity contribution in [2.45, 2.75) is 59.0 Å². The third-order valence-electron chi connectivity index (χ3n) is 4.92. The molecule has 4 nitrogen and oxygen atoms in total. The van der Waals surface area contributed by atoms with Gasteiger partial charge in [-0.3, -0.25) is 9.59 Å². The third-order valence-corrected chi connectivity index (χ3v) is 5.17. The highest BCUT2D eigenvalue weighted by atomic mass is 35.5. The van der Waals surface area contributed by atoms with E-state index in [9.17, 15) is 9.59 Å². The van der Waals surface area contributed by atoms with Gasteiger partial charge < -0.3 is 10.2 Å². The van der Waals surface area contributed by atoms with Crippen LogP contribution in [0.1, 0.15) is 49.8 Å². The summed E-state index contributed by atoms with van der Waals surface area (Å²) in [6, 6.07) is 14.8. The van der Waals surface area contributed by atoms with Gasteiger partial charge in [0.1, 0.15) is 6.04 Å². The molecular weight excluding hydrogens is 384 g/mol. The molecule has 0 bridgehead atoms. The molecule has 2 aromatic carbocycles. The predicted molar refractivity (Wildman–Crippen MR) is 119 cm³/mol. The van der Waals surface area contributed by atoms with Gasteiger partial charge in [0.05, 0.1) is 6.42 Å². The minimum Gasteiger partial charge on any atom is -0.354 e. The first-order valence-corrected chi connectivity index (χ1v) is 10.7. The Morgan fingerprint density at radius 3 is 2.41 bits per heavy atom. The molecule has 0 aliphatic heterocycles. The highest BCUT2D eigenvalue weighted by molar-refractivity contribution is 6.30. The van der Waals surface area contributed by atoms with Crippen molar-refractivity contribution in [1.29, 1.82) is 0 Å². The predicted octanol–water partition coefficient (Wildman–Crippen LogP) is 4.91. The summed E-state index contributed by atoms with van der Waals surface area (Å²) in [5, 5.41) is 3.63. The molecular formula is C24H31ClN2O2. The van der Waals surface area contributed by atoms with Crippen LogP contribution in [-0.2, 0) is 22.6 Å². The Labute approximate surface area is 179 Å². The number of unbranched alkanes of at least 4 members (excludes halogenated alkanes) is 1. The lowest BCUT2D eigenvalue weighted by Crippen LogP contribution is -2.49. The van der Waals surface area contributed by atoms with E-state index < -0.39 is 6.04 Å². The summed E-state index contributed by atoms with van der Waals surface area (Å²) in [6.07, 6.45) is 2.77. The molecule has 0 radical (unpaired) electrons. The first-order valence-electron chi connectivity index (χ1n) is 10.3. The van der Waals surface area contributed by atoms with Crippen molar-refractivity contribution >= 4 is 23.4 Å². The molecule has 0 heterocycles. The number of hydrogen-bond acceptors (Lipinski definition) is 2. The number of hydrogen-bond donors (Lipinski definition) is 1. The summed E-state index contributed by atoms with van der Waals surface area (Å²) in [4.78, 5) is 27.8. The van der Waals surface area contributed by atoms with E-state index in [-0.39, 0.29) is 18.2 Å². The molecule has 0 aliphatic rings. The smallest absolute Gasteiger partial charge is 0.242 e. The number of halogens is 1. The molecule has 0 unspecified atom stereocenters. The van der Waals surface area contributed by atoms with Gasteiger partial charge in [0.15, 0.2) is 0 Å². The molecule has 0 spiro atoms. The van der Waals surface area contributed by atoms with Crippen molar-refractivity contribution in [3.05, 3.63) is 70.2 Å². The summed E-state index contributed by atoms with van der Waals surface area (Å²) in [6.45, 7) is 7.05. The molecule has 29 heavy (non-hydrogen) atoms. The molecule has 0 saturated heterocycles. The molecule has 5 heteroatoms. The molecule has 156 valence electrons. The van der Waals surface area contributed by atoms with E-state index in [1.807, 2.05) is 62.4 Å². The van der Waals surface area contributed by atoms with Gasteiger partial charge in [-0.2, -0.15) is 0 Å². The highest BCUT2D eigenvalue weighted by Gasteiger charge is 2.28. The van der Waals surface area contributed by atoms with Crippen LogP contribution in [0.3, 0.4) is 0 Å². The number of nitrogens with one attached hydrogen (secondary N) is 1. The molecule has 0 fully saturated rings. The van der Waals surface area contributed by atoms with E-state index in [0.717, 1.165) is 29.5 Å². The topological polar surface area (TPSA) is 49.4 Å². The fourth-order valence-electron chi connectivity index (χ4n) is 3.31. The lowest BCUT2D eigenvalue weighted by atomic mass is 10.1. The SMILES string of the molecule is CCCCNC(=O)[C@H](CC)N(Cc1ccc(Cl)cc1)C(=O)Cc1cccc(C)c1. The second-order valence-electron chi connectivity index (χ2n) is 7.38. The third kappa shape index (κ3) is 7.21. The number of benzene rings is 2. The van der Waals surface area contributed by atoms with Gasteiger partial charge in [0.2, 0.25) is 11.8 Å². The summed E-state index contributed by atoms with van der Waals surface area (Å²) < 4.78 is 0. The Hall–Kier alpha value is -2.33. The van der Waals surface area contributed by atoms with E-state index in [4.69, 9.17) is 11.6 Å². The van der Waals surface area contributed by atoms with Gasteiger partial charge in [-0.15, -0.1) is 0 Å². The zero-order valence-electron chi connectivity index (χ0n) is 17.6. The number of aryl methyl sites for hydroxylation is 1. The van der Waals surface area contributed by atoms with Crippen LogP contribution in [0.15, 0.2) is 48.5 Å². The number of amides is 2. The second kappa shape index (κ2) is 11.6. The summed E-state index contributed by atoms with van der Waals surface area (Å²) in [5.74, 6) is -0.143. The number of nitrogens with zero attached hydrogens (tertiary/aromatic N) is 1. The molecule has 0 aliphatic carbocycles. The zero-order valence-corrected chi connectivity index (χ0v) is 18.3. The Morgan fingerprint density at radius 2 is 1.79 bits per heavy atom. The van der Waals surface area contributed by atoms with Gasteiger partial charge in [-0.05, 0) is 43.0 Å². The zero-order chi connectivity index (χ0) is 21.2. The van der Waals surface area contributed by atoms with Crippen LogP contribution in [0.2, 0.25) is 5.02 Å². The summed E-state index contributed by atoms with van der Waals surface area (Å²) >= 11 is 6.00. The molecule has 0 saturated carbocycles. The first-order chi connectivity index (χ1) is 13.9. The van der Waals surface area contributed by atoms with E-state index in [1.165, 1.54) is 0 Å². The number of rotatable bonds is 10. The Balaban J connectivity index is 2.23. The molecule has 2 amide bonds. The average molecular weight is 415 g/mol. The fraction of sp³-hybridized carbons (Fsp3) is 0.417. The lowest BCUT2D eigenvalue weighted by Gasteiger charge is -2.31. The highest BCUT2D eigenvalue weighted by Crippen LogP contribution is 2.17. The van der Waals surface area contributed by atoms with Crippen LogP contribution in [0, 0.1) is 6.92 Å². The van der Waals surface area contributed by atoms with E-state index in [1.54, 1.807) is 4.90 Å². The minimum atomic E-state index is -0.500. The molecule has 2 aromatic rings. The molecule has 1 N–H and O–H groups in total.